The highest BCUT2D eigenvalue weighted by molar-refractivity contribution is 6.30. The fourth-order valence-electron chi connectivity index (χ4n) is 2.02. The molecule has 0 radical (unpaired) electrons. The lowest BCUT2D eigenvalue weighted by molar-refractivity contribution is 0.311. The normalized spacial score (nSPS) is 11.2. The van der Waals surface area contributed by atoms with Gasteiger partial charge in [-0.3, -0.25) is 14.9 Å². The van der Waals surface area contributed by atoms with Crippen molar-refractivity contribution in [2.24, 2.45) is 0 Å². The van der Waals surface area contributed by atoms with E-state index in [1.165, 1.54) is 0 Å². The molecular formula is C14H20ClN5. The summed E-state index contributed by atoms with van der Waals surface area (Å²) in [6.07, 6.45) is 8.38. The van der Waals surface area contributed by atoms with E-state index < -0.39 is 0 Å². The summed E-state index contributed by atoms with van der Waals surface area (Å²) in [7, 11) is 2.03. The minimum atomic E-state index is 0.571. The van der Waals surface area contributed by atoms with Crippen LogP contribution in [0.5, 0.6) is 0 Å². The van der Waals surface area contributed by atoms with Gasteiger partial charge in [0.25, 0.3) is 0 Å². The van der Waals surface area contributed by atoms with E-state index in [-0.39, 0.29) is 0 Å². The molecule has 0 saturated heterocycles. The lowest BCUT2D eigenvalue weighted by atomic mass is 10.2. The fraction of sp³-hybridized carbons (Fsp3) is 0.500. The second kappa shape index (κ2) is 7.36. The first kappa shape index (κ1) is 14.9. The summed E-state index contributed by atoms with van der Waals surface area (Å²) < 4.78 is 0. The average molecular weight is 294 g/mol. The number of hydrogen-bond donors (Lipinski definition) is 1. The maximum Gasteiger partial charge on any atom is 0.151 e. The molecule has 2 aromatic rings. The van der Waals surface area contributed by atoms with Crippen LogP contribution in [0.25, 0.3) is 0 Å². The van der Waals surface area contributed by atoms with Crippen molar-refractivity contribution in [2.75, 3.05) is 7.05 Å². The zero-order valence-corrected chi connectivity index (χ0v) is 12.7. The Hall–Kier alpha value is -1.46. The molecule has 108 valence electrons. The molecule has 6 heteroatoms. The van der Waals surface area contributed by atoms with Crippen LogP contribution >= 0.6 is 11.6 Å². The molecule has 0 atom stereocenters. The zero-order valence-electron chi connectivity index (χ0n) is 11.9. The quantitative estimate of drug-likeness (QED) is 0.853. The number of nitrogens with zero attached hydrogens (tertiary/aromatic N) is 4. The summed E-state index contributed by atoms with van der Waals surface area (Å²) in [4.78, 5) is 18.1. The van der Waals surface area contributed by atoms with E-state index in [2.05, 4.69) is 31.8 Å². The van der Waals surface area contributed by atoms with Gasteiger partial charge in [0, 0.05) is 38.1 Å². The molecule has 2 aromatic heterocycles. The second-order valence-electron chi connectivity index (χ2n) is 4.93. The van der Waals surface area contributed by atoms with E-state index in [0.717, 1.165) is 43.0 Å². The minimum absolute atomic E-state index is 0.571. The van der Waals surface area contributed by atoms with Crippen molar-refractivity contribution in [3.63, 3.8) is 0 Å². The second-order valence-corrected chi connectivity index (χ2v) is 5.28. The topological polar surface area (TPSA) is 57.7 Å². The van der Waals surface area contributed by atoms with Crippen LogP contribution in [0.15, 0.2) is 18.6 Å². The Balaban J connectivity index is 1.93. The number of aromatic amines is 1. The number of nitrogens with one attached hydrogen (secondary N) is 1. The van der Waals surface area contributed by atoms with Crippen molar-refractivity contribution >= 4 is 11.6 Å². The lowest BCUT2D eigenvalue weighted by Gasteiger charge is -2.14. The monoisotopic (exact) mass is 293 g/mol. The van der Waals surface area contributed by atoms with Gasteiger partial charge in [0.1, 0.15) is 5.82 Å². The van der Waals surface area contributed by atoms with Crippen LogP contribution in [0.4, 0.5) is 0 Å². The molecule has 0 aliphatic heterocycles. The third-order valence-electron chi connectivity index (χ3n) is 3.02. The van der Waals surface area contributed by atoms with E-state index in [9.17, 15) is 0 Å². The first-order chi connectivity index (χ1) is 9.69. The molecule has 0 unspecified atom stereocenters. The number of H-pyrrole nitrogens is 1. The highest BCUT2D eigenvalue weighted by Crippen LogP contribution is 2.16. The van der Waals surface area contributed by atoms with Crippen molar-refractivity contribution in [1.82, 2.24) is 24.8 Å². The zero-order chi connectivity index (χ0) is 14.4. The van der Waals surface area contributed by atoms with Gasteiger partial charge in [-0.15, -0.1) is 0 Å². The summed E-state index contributed by atoms with van der Waals surface area (Å²) in [6.45, 7) is 3.61. The summed E-state index contributed by atoms with van der Waals surface area (Å²) in [5.41, 5.74) is 1.90. The third-order valence-corrected chi connectivity index (χ3v) is 3.33. The smallest absolute Gasteiger partial charge is 0.151 e. The van der Waals surface area contributed by atoms with E-state index in [1.807, 2.05) is 7.05 Å². The Morgan fingerprint density at radius 2 is 2.15 bits per heavy atom. The van der Waals surface area contributed by atoms with Crippen LogP contribution in [0.2, 0.25) is 5.15 Å². The number of aryl methyl sites for hydroxylation is 1. The standard InChI is InChI=1S/C14H20ClN5/c1-3-4-5-13-18-12(14(15)19-13)10-20(2)9-11-8-16-6-7-17-11/h6-8H,3-5,9-10H2,1-2H3,(H,18,19). The van der Waals surface area contributed by atoms with Crippen molar-refractivity contribution in [3.05, 3.63) is 41.0 Å². The third kappa shape index (κ3) is 4.28. The molecule has 2 heterocycles. The maximum atomic E-state index is 6.17. The molecule has 0 amide bonds. The summed E-state index contributed by atoms with van der Waals surface area (Å²) in [5.74, 6) is 0.972. The van der Waals surface area contributed by atoms with Gasteiger partial charge in [-0.25, -0.2) is 4.98 Å². The highest BCUT2D eigenvalue weighted by atomic mass is 35.5. The molecule has 1 N–H and O–H groups in total. The van der Waals surface area contributed by atoms with Crippen LogP contribution in [-0.2, 0) is 19.5 Å². The van der Waals surface area contributed by atoms with E-state index in [0.29, 0.717) is 11.7 Å². The number of rotatable bonds is 7. The molecule has 20 heavy (non-hydrogen) atoms. The van der Waals surface area contributed by atoms with E-state index >= 15 is 0 Å². The molecule has 0 bridgehead atoms. The Labute approximate surface area is 124 Å². The molecule has 0 aliphatic rings. The first-order valence-electron chi connectivity index (χ1n) is 6.85. The van der Waals surface area contributed by atoms with Crippen LogP contribution in [0, 0.1) is 0 Å². The fourth-order valence-corrected chi connectivity index (χ4v) is 2.23. The molecule has 0 aliphatic carbocycles. The van der Waals surface area contributed by atoms with Gasteiger partial charge < -0.3 is 4.98 Å². The number of hydrogen-bond acceptors (Lipinski definition) is 4. The minimum Gasteiger partial charge on any atom is -0.344 e. The maximum absolute atomic E-state index is 6.17. The summed E-state index contributed by atoms with van der Waals surface area (Å²) in [6, 6.07) is 0. The van der Waals surface area contributed by atoms with Gasteiger partial charge >= 0.3 is 0 Å². The number of halogens is 1. The van der Waals surface area contributed by atoms with Crippen LogP contribution in [-0.4, -0.2) is 31.9 Å². The summed E-state index contributed by atoms with van der Waals surface area (Å²) >= 11 is 6.17. The van der Waals surface area contributed by atoms with Gasteiger partial charge in [0.15, 0.2) is 5.15 Å². The molecule has 0 fully saturated rings. The Bertz CT molecular complexity index is 526. The van der Waals surface area contributed by atoms with Gasteiger partial charge in [0.05, 0.1) is 11.4 Å². The molecule has 0 spiro atoms. The van der Waals surface area contributed by atoms with Crippen LogP contribution < -0.4 is 0 Å². The molecule has 0 saturated carbocycles. The van der Waals surface area contributed by atoms with Crippen molar-refractivity contribution in [3.8, 4) is 0 Å². The van der Waals surface area contributed by atoms with Crippen LogP contribution in [0.3, 0.4) is 0 Å². The van der Waals surface area contributed by atoms with E-state index in [4.69, 9.17) is 11.6 Å². The Morgan fingerprint density at radius 1 is 1.30 bits per heavy atom. The Morgan fingerprint density at radius 3 is 2.85 bits per heavy atom. The van der Waals surface area contributed by atoms with Gasteiger partial charge in [-0.1, -0.05) is 24.9 Å². The van der Waals surface area contributed by atoms with Gasteiger partial charge in [-0.2, -0.15) is 0 Å². The predicted octanol–water partition coefficient (Wildman–Crippen LogP) is 2.83. The molecule has 2 rings (SSSR count). The molecular weight excluding hydrogens is 274 g/mol. The summed E-state index contributed by atoms with van der Waals surface area (Å²) in [5, 5.41) is 0.571. The van der Waals surface area contributed by atoms with E-state index in [1.54, 1.807) is 18.6 Å². The lowest BCUT2D eigenvalue weighted by Crippen LogP contribution is -2.18. The molecule has 0 aromatic carbocycles. The number of imidazole rings is 1. The number of unbranched alkanes of at least 4 members (excludes halogenated alkanes) is 1. The van der Waals surface area contributed by atoms with Crippen molar-refractivity contribution in [2.45, 2.75) is 39.3 Å². The highest BCUT2D eigenvalue weighted by Gasteiger charge is 2.11. The van der Waals surface area contributed by atoms with Crippen LogP contribution in [0.1, 0.15) is 37.0 Å². The van der Waals surface area contributed by atoms with Gasteiger partial charge in [0.2, 0.25) is 0 Å². The Kier molecular flexibility index (Phi) is 5.49. The predicted molar refractivity (Wildman–Crippen MR) is 79.4 cm³/mol. The first-order valence-corrected chi connectivity index (χ1v) is 7.23. The van der Waals surface area contributed by atoms with Crippen molar-refractivity contribution in [1.29, 1.82) is 0 Å². The SMILES string of the molecule is CCCCc1nc(Cl)c(CN(C)Cc2cnccn2)[nH]1. The van der Waals surface area contributed by atoms with Crippen molar-refractivity contribution < 1.29 is 0 Å². The van der Waals surface area contributed by atoms with Gasteiger partial charge in [-0.05, 0) is 13.5 Å². The average Bonchev–Trinajstić information content (AvgIpc) is 2.78. The number of aromatic nitrogens is 4. The molecule has 5 nitrogen and oxygen atoms in total. The largest absolute Gasteiger partial charge is 0.344 e.